The number of ketones is 1. The van der Waals surface area contributed by atoms with Gasteiger partial charge in [0.25, 0.3) is 0 Å². The number of hydrogen-bond acceptors (Lipinski definition) is 5. The smallest absolute Gasteiger partial charge is 0.213 e. The number of pyridine rings is 1. The highest BCUT2D eigenvalue weighted by Gasteiger charge is 2.16. The summed E-state index contributed by atoms with van der Waals surface area (Å²) in [6.45, 7) is 7.61. The fourth-order valence-electron chi connectivity index (χ4n) is 3.40. The molecule has 0 radical (unpaired) electrons. The number of unbranched alkanes of at least 4 members (excludes halogenated alkanes) is 1. The van der Waals surface area contributed by atoms with Crippen LogP contribution in [0.3, 0.4) is 0 Å². The third-order valence-corrected chi connectivity index (χ3v) is 5.39. The Labute approximate surface area is 202 Å². The predicted molar refractivity (Wildman–Crippen MR) is 137 cm³/mol. The molecule has 0 spiro atoms. The van der Waals surface area contributed by atoms with E-state index in [0.29, 0.717) is 47.5 Å². The van der Waals surface area contributed by atoms with Crippen LogP contribution in [0.2, 0.25) is 0 Å². The average Bonchev–Trinajstić information content (AvgIpc) is 2.86. The Hall–Kier alpha value is -3.78. The lowest BCUT2D eigenvalue weighted by Gasteiger charge is -2.14. The van der Waals surface area contributed by atoms with Crippen molar-refractivity contribution in [1.82, 2.24) is 4.98 Å². The zero-order valence-electron chi connectivity index (χ0n) is 20.1. The van der Waals surface area contributed by atoms with Crippen LogP contribution in [0.15, 0.2) is 60.7 Å². The van der Waals surface area contributed by atoms with Gasteiger partial charge in [-0.2, -0.15) is 0 Å². The van der Waals surface area contributed by atoms with Crippen LogP contribution < -0.4 is 14.8 Å². The van der Waals surface area contributed by atoms with Crippen LogP contribution in [0.1, 0.15) is 66.7 Å². The van der Waals surface area contributed by atoms with Crippen molar-refractivity contribution >= 4 is 11.5 Å². The van der Waals surface area contributed by atoms with Crippen LogP contribution >= 0.6 is 0 Å². The van der Waals surface area contributed by atoms with E-state index in [4.69, 9.17) is 15.9 Å². The molecule has 0 aliphatic carbocycles. The molecule has 1 N–H and O–H groups in total. The van der Waals surface area contributed by atoms with Crippen LogP contribution in [0.25, 0.3) is 0 Å². The molecule has 34 heavy (non-hydrogen) atoms. The molecular formula is C29H32N2O3. The van der Waals surface area contributed by atoms with Crippen molar-refractivity contribution in [1.29, 1.82) is 0 Å². The highest BCUT2D eigenvalue weighted by Crippen LogP contribution is 2.26. The Morgan fingerprint density at radius 2 is 1.88 bits per heavy atom. The number of terminal acetylenes is 1. The van der Waals surface area contributed by atoms with Crippen molar-refractivity contribution in [2.24, 2.45) is 0 Å². The van der Waals surface area contributed by atoms with Gasteiger partial charge in [-0.05, 0) is 42.2 Å². The van der Waals surface area contributed by atoms with Crippen LogP contribution in [0, 0.1) is 12.3 Å². The standard InChI is InChI=1S/C29H32N2O3/c1-5-7-18-34-28-10-8-9-24(31-28)20-30-27-16-15-25(33-17-6-2)19-26(27)29(32)23-13-11-22(12-14-23)21(3)4/h2,8-16,19,21,30H,5,7,17-18,20H2,1,3-4H3. The second-order valence-electron chi connectivity index (χ2n) is 8.33. The molecule has 0 aliphatic rings. The van der Waals surface area contributed by atoms with E-state index < -0.39 is 0 Å². The molecular weight excluding hydrogens is 424 g/mol. The first-order valence-corrected chi connectivity index (χ1v) is 11.7. The van der Waals surface area contributed by atoms with Gasteiger partial charge < -0.3 is 14.8 Å². The van der Waals surface area contributed by atoms with Gasteiger partial charge in [-0.3, -0.25) is 4.79 Å². The lowest BCUT2D eigenvalue weighted by atomic mass is 9.97. The molecule has 0 unspecified atom stereocenters. The molecule has 176 valence electrons. The first-order chi connectivity index (χ1) is 16.5. The van der Waals surface area contributed by atoms with Gasteiger partial charge in [0.05, 0.1) is 18.8 Å². The molecule has 0 atom stereocenters. The van der Waals surface area contributed by atoms with Gasteiger partial charge in [0.1, 0.15) is 12.4 Å². The molecule has 0 fully saturated rings. The van der Waals surface area contributed by atoms with Crippen LogP contribution in [0.5, 0.6) is 11.6 Å². The molecule has 0 saturated carbocycles. The van der Waals surface area contributed by atoms with Crippen molar-refractivity contribution in [2.75, 3.05) is 18.5 Å². The minimum Gasteiger partial charge on any atom is -0.481 e. The highest BCUT2D eigenvalue weighted by molar-refractivity contribution is 6.12. The van der Waals surface area contributed by atoms with Crippen molar-refractivity contribution < 1.29 is 14.3 Å². The Kier molecular flexibility index (Phi) is 9.11. The van der Waals surface area contributed by atoms with Crippen LogP contribution in [-0.4, -0.2) is 24.0 Å². The lowest BCUT2D eigenvalue weighted by molar-refractivity contribution is 0.103. The van der Waals surface area contributed by atoms with Gasteiger partial charge in [0.2, 0.25) is 5.88 Å². The molecule has 0 bridgehead atoms. The first kappa shape index (κ1) is 24.9. The Balaban J connectivity index is 1.82. The molecule has 5 nitrogen and oxygen atoms in total. The number of benzene rings is 2. The number of anilines is 1. The molecule has 0 aliphatic heterocycles. The van der Waals surface area contributed by atoms with Crippen molar-refractivity contribution in [3.8, 4) is 24.0 Å². The summed E-state index contributed by atoms with van der Waals surface area (Å²) in [5.41, 5.74) is 3.84. The highest BCUT2D eigenvalue weighted by atomic mass is 16.5. The van der Waals surface area contributed by atoms with E-state index in [1.165, 1.54) is 5.56 Å². The third kappa shape index (κ3) is 6.86. The summed E-state index contributed by atoms with van der Waals surface area (Å²) in [5.74, 6) is 3.92. The largest absolute Gasteiger partial charge is 0.481 e. The molecule has 3 rings (SSSR count). The third-order valence-electron chi connectivity index (χ3n) is 5.39. The fraction of sp³-hybridized carbons (Fsp3) is 0.310. The van der Waals surface area contributed by atoms with Crippen molar-refractivity contribution in [3.63, 3.8) is 0 Å². The molecule has 3 aromatic rings. The summed E-state index contributed by atoms with van der Waals surface area (Å²) in [6, 6.07) is 18.8. The fourth-order valence-corrected chi connectivity index (χ4v) is 3.40. The number of aromatic nitrogens is 1. The Morgan fingerprint density at radius 1 is 1.09 bits per heavy atom. The van der Waals surface area contributed by atoms with E-state index in [-0.39, 0.29) is 12.4 Å². The molecule has 2 aromatic carbocycles. The van der Waals surface area contributed by atoms with Crippen molar-refractivity contribution in [2.45, 2.75) is 46.1 Å². The maximum atomic E-state index is 13.4. The van der Waals surface area contributed by atoms with Gasteiger partial charge >= 0.3 is 0 Å². The number of ether oxygens (including phenoxy) is 2. The number of rotatable bonds is 12. The zero-order chi connectivity index (χ0) is 24.3. The zero-order valence-corrected chi connectivity index (χ0v) is 20.1. The summed E-state index contributed by atoms with van der Waals surface area (Å²) in [4.78, 5) is 18.0. The summed E-state index contributed by atoms with van der Waals surface area (Å²) in [6.07, 6.45) is 7.38. The van der Waals surface area contributed by atoms with E-state index in [0.717, 1.165) is 18.5 Å². The molecule has 5 heteroatoms. The van der Waals surface area contributed by atoms with Crippen LogP contribution in [-0.2, 0) is 6.54 Å². The van der Waals surface area contributed by atoms with E-state index >= 15 is 0 Å². The summed E-state index contributed by atoms with van der Waals surface area (Å²) in [5, 5.41) is 3.35. The topological polar surface area (TPSA) is 60.4 Å². The van der Waals surface area contributed by atoms with E-state index in [1.54, 1.807) is 12.1 Å². The number of nitrogens with zero attached hydrogens (tertiary/aromatic N) is 1. The predicted octanol–water partition coefficient (Wildman–Crippen LogP) is 6.24. The molecule has 1 heterocycles. The van der Waals surface area contributed by atoms with E-state index in [1.807, 2.05) is 48.5 Å². The quantitative estimate of drug-likeness (QED) is 0.199. The van der Waals surface area contributed by atoms with Crippen LogP contribution in [0.4, 0.5) is 5.69 Å². The summed E-state index contributed by atoms with van der Waals surface area (Å²) in [7, 11) is 0. The molecule has 1 aromatic heterocycles. The minimum atomic E-state index is -0.0893. The molecule has 0 amide bonds. The lowest BCUT2D eigenvalue weighted by Crippen LogP contribution is -2.10. The Bertz CT molecular complexity index is 1130. The monoisotopic (exact) mass is 456 g/mol. The maximum Gasteiger partial charge on any atom is 0.213 e. The molecule has 0 saturated heterocycles. The number of hydrogen-bond donors (Lipinski definition) is 1. The van der Waals surface area contributed by atoms with Crippen molar-refractivity contribution in [3.05, 3.63) is 83.0 Å². The van der Waals surface area contributed by atoms with Gasteiger partial charge in [0, 0.05) is 22.9 Å². The normalized spacial score (nSPS) is 10.6. The minimum absolute atomic E-state index is 0.0893. The van der Waals surface area contributed by atoms with Gasteiger partial charge in [0.15, 0.2) is 5.78 Å². The van der Waals surface area contributed by atoms with Gasteiger partial charge in [-0.1, -0.05) is 63.4 Å². The number of carbonyl (C=O) groups is 1. The summed E-state index contributed by atoms with van der Waals surface area (Å²) < 4.78 is 11.3. The maximum absolute atomic E-state index is 13.4. The SMILES string of the molecule is C#CCOc1ccc(NCc2cccc(OCCCC)n2)c(C(=O)c2ccc(C(C)C)cc2)c1. The summed E-state index contributed by atoms with van der Waals surface area (Å²) >= 11 is 0. The number of carbonyl (C=O) groups excluding carboxylic acids is 1. The Morgan fingerprint density at radius 3 is 2.59 bits per heavy atom. The van der Waals surface area contributed by atoms with E-state index in [9.17, 15) is 4.79 Å². The van der Waals surface area contributed by atoms with E-state index in [2.05, 4.69) is 37.0 Å². The second-order valence-corrected chi connectivity index (χ2v) is 8.33. The second kappa shape index (κ2) is 12.5. The average molecular weight is 457 g/mol. The van der Waals surface area contributed by atoms with Gasteiger partial charge in [-0.15, -0.1) is 6.42 Å². The first-order valence-electron chi connectivity index (χ1n) is 11.7. The van der Waals surface area contributed by atoms with Gasteiger partial charge in [-0.25, -0.2) is 4.98 Å². The number of nitrogens with one attached hydrogen (secondary N) is 1.